The first-order chi connectivity index (χ1) is 8.19. The van der Waals surface area contributed by atoms with E-state index in [2.05, 4.69) is 25.5 Å². The van der Waals surface area contributed by atoms with Crippen molar-refractivity contribution in [3.05, 3.63) is 11.2 Å². The van der Waals surface area contributed by atoms with E-state index < -0.39 is 0 Å². The minimum absolute atomic E-state index is 0.420. The average molecular weight is 272 g/mol. The van der Waals surface area contributed by atoms with Gasteiger partial charge in [-0.1, -0.05) is 11.6 Å². The Balaban J connectivity index is 2.19. The second kappa shape index (κ2) is 5.46. The zero-order chi connectivity index (χ0) is 12.3. The van der Waals surface area contributed by atoms with E-state index in [1.54, 1.807) is 13.1 Å². The summed E-state index contributed by atoms with van der Waals surface area (Å²) in [7, 11) is 1.74. The Morgan fingerprint density at radius 2 is 2.12 bits per heavy atom. The van der Waals surface area contributed by atoms with Crippen molar-refractivity contribution in [2.24, 2.45) is 0 Å². The quantitative estimate of drug-likeness (QED) is 0.630. The number of thiocarbonyl (C=S) groups is 1. The molecule has 2 N–H and O–H groups in total. The second-order valence-electron chi connectivity index (χ2n) is 3.77. The van der Waals surface area contributed by atoms with Crippen LogP contribution in [0.3, 0.4) is 0 Å². The monoisotopic (exact) mass is 271 g/mol. The Bertz CT molecular complexity index is 419. The van der Waals surface area contributed by atoms with E-state index in [0.717, 1.165) is 18.9 Å². The lowest BCUT2D eigenvalue weighted by atomic mass is 10.4. The fourth-order valence-corrected chi connectivity index (χ4v) is 2.00. The summed E-state index contributed by atoms with van der Waals surface area (Å²) in [5.41, 5.74) is 0. The van der Waals surface area contributed by atoms with Gasteiger partial charge in [0.05, 0.1) is 0 Å². The first kappa shape index (κ1) is 12.3. The van der Waals surface area contributed by atoms with Crippen molar-refractivity contribution in [1.29, 1.82) is 0 Å². The van der Waals surface area contributed by atoms with Crippen molar-refractivity contribution in [1.82, 2.24) is 15.3 Å². The van der Waals surface area contributed by atoms with Gasteiger partial charge in [-0.15, -0.1) is 0 Å². The van der Waals surface area contributed by atoms with Gasteiger partial charge in [-0.25, -0.2) is 4.98 Å². The minimum Gasteiger partial charge on any atom is -0.365 e. The molecular weight excluding hydrogens is 258 g/mol. The van der Waals surface area contributed by atoms with Gasteiger partial charge < -0.3 is 15.5 Å². The molecule has 2 heterocycles. The van der Waals surface area contributed by atoms with E-state index in [-0.39, 0.29) is 0 Å². The molecule has 2 rings (SSSR count). The van der Waals surface area contributed by atoms with Crippen LogP contribution in [0.1, 0.15) is 12.8 Å². The number of anilines is 2. The summed E-state index contributed by atoms with van der Waals surface area (Å²) in [5.74, 6) is 1.28. The van der Waals surface area contributed by atoms with Crippen molar-refractivity contribution < 1.29 is 0 Å². The molecule has 1 saturated heterocycles. The minimum atomic E-state index is 0.420. The van der Waals surface area contributed by atoms with E-state index in [9.17, 15) is 0 Å². The van der Waals surface area contributed by atoms with Crippen LogP contribution in [0.15, 0.2) is 6.07 Å². The summed E-state index contributed by atoms with van der Waals surface area (Å²) < 4.78 is 0. The lowest BCUT2D eigenvalue weighted by Crippen LogP contribution is -2.26. The summed E-state index contributed by atoms with van der Waals surface area (Å²) in [6.07, 6.45) is 2.39. The number of rotatable bonds is 2. The lowest BCUT2D eigenvalue weighted by Gasteiger charge is -2.17. The Labute approximate surface area is 111 Å². The molecule has 0 aliphatic carbocycles. The normalized spacial score (nSPS) is 14.8. The maximum absolute atomic E-state index is 5.97. The summed E-state index contributed by atoms with van der Waals surface area (Å²) in [6.45, 7) is 2.03. The summed E-state index contributed by atoms with van der Waals surface area (Å²) in [4.78, 5) is 10.7. The van der Waals surface area contributed by atoms with E-state index in [4.69, 9.17) is 23.8 Å². The van der Waals surface area contributed by atoms with Gasteiger partial charge in [-0.05, 0) is 25.1 Å². The Kier molecular flexibility index (Phi) is 3.96. The largest absolute Gasteiger partial charge is 0.365 e. The summed E-state index contributed by atoms with van der Waals surface area (Å²) in [6, 6.07) is 1.78. The van der Waals surface area contributed by atoms with E-state index in [1.807, 2.05) is 0 Å². The molecule has 1 aromatic heterocycles. The van der Waals surface area contributed by atoms with Crippen LogP contribution < -0.4 is 15.5 Å². The van der Waals surface area contributed by atoms with Gasteiger partial charge in [0, 0.05) is 26.2 Å². The molecule has 0 atom stereocenters. The van der Waals surface area contributed by atoms with Crippen LogP contribution in [0.25, 0.3) is 0 Å². The second-order valence-corrected chi connectivity index (χ2v) is 4.57. The third-order valence-corrected chi connectivity index (χ3v) is 3.06. The molecule has 0 amide bonds. The highest BCUT2D eigenvalue weighted by molar-refractivity contribution is 7.80. The maximum atomic E-state index is 5.97. The molecule has 5 nitrogen and oxygen atoms in total. The third-order valence-electron chi connectivity index (χ3n) is 2.56. The highest BCUT2D eigenvalue weighted by atomic mass is 35.5. The van der Waals surface area contributed by atoms with Gasteiger partial charge in [0.15, 0.2) is 5.11 Å². The van der Waals surface area contributed by atoms with Crippen molar-refractivity contribution in [3.8, 4) is 0 Å². The van der Waals surface area contributed by atoms with Crippen molar-refractivity contribution in [2.45, 2.75) is 12.8 Å². The van der Waals surface area contributed by atoms with E-state index in [0.29, 0.717) is 16.2 Å². The molecule has 1 aromatic rings. The maximum Gasteiger partial charge on any atom is 0.232 e. The van der Waals surface area contributed by atoms with Crippen molar-refractivity contribution in [3.63, 3.8) is 0 Å². The fraction of sp³-hybridized carbons (Fsp3) is 0.500. The summed E-state index contributed by atoms with van der Waals surface area (Å²) in [5, 5.41) is 6.58. The Morgan fingerprint density at radius 1 is 1.41 bits per heavy atom. The number of hydrogen-bond donors (Lipinski definition) is 2. The van der Waals surface area contributed by atoms with E-state index in [1.165, 1.54) is 12.8 Å². The molecule has 0 saturated carbocycles. The molecule has 0 unspecified atom stereocenters. The summed E-state index contributed by atoms with van der Waals surface area (Å²) >= 11 is 11.0. The molecule has 1 aliphatic rings. The van der Waals surface area contributed by atoms with Crippen molar-refractivity contribution in [2.75, 3.05) is 30.4 Å². The van der Waals surface area contributed by atoms with Crippen molar-refractivity contribution >= 4 is 40.7 Å². The number of halogens is 1. The number of hydrogen-bond acceptors (Lipinski definition) is 4. The molecule has 0 radical (unpaired) electrons. The number of nitrogens with zero attached hydrogens (tertiary/aromatic N) is 3. The van der Waals surface area contributed by atoms with Crippen LogP contribution in [0.5, 0.6) is 0 Å². The SMILES string of the molecule is CNC(=S)Nc1nc(Cl)cc(N2CCCC2)n1. The molecule has 0 spiro atoms. The smallest absolute Gasteiger partial charge is 0.232 e. The molecule has 7 heteroatoms. The van der Waals surface area contributed by atoms with Gasteiger partial charge in [0.1, 0.15) is 11.0 Å². The molecule has 1 aliphatic heterocycles. The Morgan fingerprint density at radius 3 is 2.76 bits per heavy atom. The van der Waals surface area contributed by atoms with Crippen LogP contribution in [0, 0.1) is 0 Å². The van der Waals surface area contributed by atoms with Gasteiger partial charge in [-0.2, -0.15) is 4.98 Å². The first-order valence-corrected chi connectivity index (χ1v) is 6.26. The highest BCUT2D eigenvalue weighted by Crippen LogP contribution is 2.21. The number of aromatic nitrogens is 2. The number of nitrogens with one attached hydrogen (secondary N) is 2. The zero-order valence-electron chi connectivity index (χ0n) is 9.53. The molecule has 17 heavy (non-hydrogen) atoms. The molecular formula is C10H14ClN5S. The highest BCUT2D eigenvalue weighted by Gasteiger charge is 2.15. The van der Waals surface area contributed by atoms with Crippen LogP contribution in [-0.4, -0.2) is 35.2 Å². The Hall–Kier alpha value is -1.14. The fourth-order valence-electron chi connectivity index (χ4n) is 1.73. The van der Waals surface area contributed by atoms with Gasteiger partial charge in [-0.3, -0.25) is 0 Å². The third kappa shape index (κ3) is 3.17. The lowest BCUT2D eigenvalue weighted by molar-refractivity contribution is 0.930. The van der Waals surface area contributed by atoms with Gasteiger partial charge in [0.2, 0.25) is 5.95 Å². The standard InChI is InChI=1S/C10H14ClN5S/c1-12-10(17)15-9-13-7(11)6-8(14-9)16-4-2-3-5-16/h6H,2-5H2,1H3,(H2,12,13,14,15,17). The first-order valence-electron chi connectivity index (χ1n) is 5.47. The predicted molar refractivity (Wildman–Crippen MR) is 73.8 cm³/mol. The topological polar surface area (TPSA) is 53.1 Å². The van der Waals surface area contributed by atoms with Crippen LogP contribution in [0.4, 0.5) is 11.8 Å². The van der Waals surface area contributed by atoms with Gasteiger partial charge in [0.25, 0.3) is 0 Å². The predicted octanol–water partition coefficient (Wildman–Crippen LogP) is 1.65. The van der Waals surface area contributed by atoms with Crippen LogP contribution in [0.2, 0.25) is 5.15 Å². The zero-order valence-corrected chi connectivity index (χ0v) is 11.1. The van der Waals surface area contributed by atoms with Crippen LogP contribution in [-0.2, 0) is 0 Å². The molecule has 0 bridgehead atoms. The van der Waals surface area contributed by atoms with Gasteiger partial charge >= 0.3 is 0 Å². The van der Waals surface area contributed by atoms with Crippen LogP contribution >= 0.6 is 23.8 Å². The molecule has 1 fully saturated rings. The molecule has 92 valence electrons. The average Bonchev–Trinajstić information content (AvgIpc) is 2.81. The molecule has 0 aromatic carbocycles. The van der Waals surface area contributed by atoms with E-state index >= 15 is 0 Å².